The Morgan fingerprint density at radius 2 is 1.83 bits per heavy atom. The second kappa shape index (κ2) is 8.39. The van der Waals surface area contributed by atoms with Gasteiger partial charge in [-0.25, -0.2) is 5.43 Å². The lowest BCUT2D eigenvalue weighted by Crippen LogP contribution is -2.24. The molecule has 0 atom stereocenters. The molecule has 0 saturated heterocycles. The van der Waals surface area contributed by atoms with Crippen molar-refractivity contribution in [2.45, 2.75) is 18.7 Å². The summed E-state index contributed by atoms with van der Waals surface area (Å²) in [6, 6.07) is 13.8. The van der Waals surface area contributed by atoms with Crippen molar-refractivity contribution >= 4 is 23.9 Å². The first kappa shape index (κ1) is 17.1. The monoisotopic (exact) mass is 328 g/mol. The van der Waals surface area contributed by atoms with E-state index in [1.807, 2.05) is 56.5 Å². The largest absolute Gasteiger partial charge is 0.484 e. The first-order valence-electron chi connectivity index (χ1n) is 7.24. The predicted molar refractivity (Wildman–Crippen MR) is 95.4 cm³/mol. The van der Waals surface area contributed by atoms with Gasteiger partial charge in [0, 0.05) is 4.90 Å². The molecule has 0 saturated carbocycles. The normalized spacial score (nSPS) is 10.7. The van der Waals surface area contributed by atoms with Crippen LogP contribution in [-0.2, 0) is 4.79 Å². The number of benzene rings is 2. The van der Waals surface area contributed by atoms with E-state index in [9.17, 15) is 4.79 Å². The van der Waals surface area contributed by atoms with Crippen LogP contribution in [0, 0.1) is 13.8 Å². The smallest absolute Gasteiger partial charge is 0.277 e. The van der Waals surface area contributed by atoms with Gasteiger partial charge in [0.25, 0.3) is 5.91 Å². The van der Waals surface area contributed by atoms with Gasteiger partial charge in [0.05, 0.1) is 6.21 Å². The van der Waals surface area contributed by atoms with E-state index in [0.717, 1.165) is 16.7 Å². The van der Waals surface area contributed by atoms with E-state index >= 15 is 0 Å². The van der Waals surface area contributed by atoms with Gasteiger partial charge in [0.2, 0.25) is 0 Å². The van der Waals surface area contributed by atoms with Gasteiger partial charge in [0.1, 0.15) is 5.75 Å². The minimum atomic E-state index is -0.291. The molecule has 0 aliphatic carbocycles. The van der Waals surface area contributed by atoms with Crippen LogP contribution in [-0.4, -0.2) is 25.0 Å². The van der Waals surface area contributed by atoms with Crippen LogP contribution in [0.1, 0.15) is 16.7 Å². The Bertz CT molecular complexity index is 676. The predicted octanol–water partition coefficient (Wildman–Crippen LogP) is 3.55. The van der Waals surface area contributed by atoms with Crippen LogP contribution in [0.15, 0.2) is 52.5 Å². The van der Waals surface area contributed by atoms with E-state index in [1.54, 1.807) is 18.0 Å². The maximum Gasteiger partial charge on any atom is 0.277 e. The van der Waals surface area contributed by atoms with E-state index in [2.05, 4.69) is 16.6 Å². The van der Waals surface area contributed by atoms with Crippen LogP contribution in [0.5, 0.6) is 5.75 Å². The number of hydrogen-bond donors (Lipinski definition) is 1. The fraction of sp³-hybridized carbons (Fsp3) is 0.222. The van der Waals surface area contributed by atoms with E-state index in [0.29, 0.717) is 5.75 Å². The number of rotatable bonds is 6. The molecule has 0 aromatic heterocycles. The fourth-order valence-corrected chi connectivity index (χ4v) is 2.47. The van der Waals surface area contributed by atoms with Crippen molar-refractivity contribution in [3.63, 3.8) is 0 Å². The molecule has 0 fully saturated rings. The highest BCUT2D eigenvalue weighted by molar-refractivity contribution is 7.98. The molecule has 1 N–H and O–H groups in total. The second-order valence-electron chi connectivity index (χ2n) is 5.18. The molecule has 0 bridgehead atoms. The average Bonchev–Trinajstić information content (AvgIpc) is 2.53. The van der Waals surface area contributed by atoms with E-state index in [1.165, 1.54) is 4.90 Å². The van der Waals surface area contributed by atoms with Gasteiger partial charge in [-0.05, 0) is 61.1 Å². The molecule has 0 aliphatic rings. The number of thioether (sulfide) groups is 1. The molecule has 0 heterocycles. The van der Waals surface area contributed by atoms with Gasteiger partial charge in [-0.3, -0.25) is 4.79 Å². The summed E-state index contributed by atoms with van der Waals surface area (Å²) in [6.45, 7) is 3.92. The number of carbonyl (C=O) groups excluding carboxylic acids is 1. The van der Waals surface area contributed by atoms with E-state index in [-0.39, 0.29) is 12.5 Å². The lowest BCUT2D eigenvalue weighted by Gasteiger charge is -2.07. The molecule has 2 aromatic rings. The Kier molecular flexibility index (Phi) is 6.23. The minimum absolute atomic E-state index is 0.0638. The topological polar surface area (TPSA) is 50.7 Å². The zero-order valence-corrected chi connectivity index (χ0v) is 14.3. The number of aryl methyl sites for hydroxylation is 2. The first-order valence-corrected chi connectivity index (χ1v) is 8.46. The average molecular weight is 328 g/mol. The van der Waals surface area contributed by atoms with Crippen LogP contribution < -0.4 is 10.2 Å². The van der Waals surface area contributed by atoms with Gasteiger partial charge in [0.15, 0.2) is 6.61 Å². The Labute approximate surface area is 140 Å². The van der Waals surface area contributed by atoms with Crippen molar-refractivity contribution < 1.29 is 9.53 Å². The fourth-order valence-electron chi connectivity index (χ4n) is 2.07. The molecular weight excluding hydrogens is 308 g/mol. The number of carbonyl (C=O) groups is 1. The zero-order valence-electron chi connectivity index (χ0n) is 13.5. The summed E-state index contributed by atoms with van der Waals surface area (Å²) in [4.78, 5) is 12.9. The van der Waals surface area contributed by atoms with Crippen LogP contribution in [0.2, 0.25) is 0 Å². The maximum atomic E-state index is 11.7. The number of nitrogens with one attached hydrogen (secondary N) is 1. The molecule has 0 spiro atoms. The molecule has 4 nitrogen and oxygen atoms in total. The van der Waals surface area contributed by atoms with Gasteiger partial charge in [-0.15, -0.1) is 11.8 Å². The highest BCUT2D eigenvalue weighted by Gasteiger charge is 2.02. The van der Waals surface area contributed by atoms with E-state index in [4.69, 9.17) is 4.74 Å². The summed E-state index contributed by atoms with van der Waals surface area (Å²) in [5.41, 5.74) is 5.60. The number of hydrogen-bond acceptors (Lipinski definition) is 4. The summed E-state index contributed by atoms with van der Waals surface area (Å²) in [5.74, 6) is 0.399. The quantitative estimate of drug-likeness (QED) is 0.501. The van der Waals surface area contributed by atoms with Crippen molar-refractivity contribution in [1.82, 2.24) is 5.43 Å². The summed E-state index contributed by atoms with van der Waals surface area (Å²) in [6.07, 6.45) is 3.64. The third-order valence-electron chi connectivity index (χ3n) is 3.08. The van der Waals surface area contributed by atoms with Crippen molar-refractivity contribution in [3.8, 4) is 5.75 Å². The first-order chi connectivity index (χ1) is 11.1. The molecule has 0 aliphatic heterocycles. The SMILES string of the molecule is CSc1ccc(/C=N\NC(=O)COc2cc(C)cc(C)c2)cc1. The number of ether oxygens (including phenoxy) is 1. The standard InChI is InChI=1S/C18H20N2O2S/c1-13-8-14(2)10-16(9-13)22-12-18(21)20-19-11-15-4-6-17(23-3)7-5-15/h4-11H,12H2,1-3H3,(H,20,21)/b19-11-. The van der Waals surface area contributed by atoms with Gasteiger partial charge >= 0.3 is 0 Å². The van der Waals surface area contributed by atoms with Crippen molar-refractivity contribution in [3.05, 3.63) is 59.2 Å². The third kappa shape index (κ3) is 5.79. The van der Waals surface area contributed by atoms with Gasteiger partial charge in [-0.2, -0.15) is 5.10 Å². The molecule has 2 aromatic carbocycles. The molecule has 1 amide bonds. The number of amides is 1. The highest BCUT2D eigenvalue weighted by atomic mass is 32.2. The number of nitrogens with zero attached hydrogens (tertiary/aromatic N) is 1. The summed E-state index contributed by atoms with van der Waals surface area (Å²) in [5, 5.41) is 3.93. The Balaban J connectivity index is 1.81. The van der Waals surface area contributed by atoms with Crippen LogP contribution in [0.4, 0.5) is 0 Å². The summed E-state index contributed by atoms with van der Waals surface area (Å²) in [7, 11) is 0. The summed E-state index contributed by atoms with van der Waals surface area (Å²) >= 11 is 1.68. The maximum absolute atomic E-state index is 11.7. The highest BCUT2D eigenvalue weighted by Crippen LogP contribution is 2.16. The van der Waals surface area contributed by atoms with E-state index < -0.39 is 0 Å². The molecule has 120 valence electrons. The molecular formula is C18H20N2O2S. The number of hydrazone groups is 1. The van der Waals surface area contributed by atoms with Crippen LogP contribution in [0.25, 0.3) is 0 Å². The second-order valence-corrected chi connectivity index (χ2v) is 6.06. The minimum Gasteiger partial charge on any atom is -0.484 e. The Morgan fingerprint density at radius 3 is 2.43 bits per heavy atom. The lowest BCUT2D eigenvalue weighted by molar-refractivity contribution is -0.123. The van der Waals surface area contributed by atoms with Crippen LogP contribution in [0.3, 0.4) is 0 Å². The van der Waals surface area contributed by atoms with Gasteiger partial charge in [-0.1, -0.05) is 18.2 Å². The Morgan fingerprint density at radius 1 is 1.17 bits per heavy atom. The third-order valence-corrected chi connectivity index (χ3v) is 3.83. The van der Waals surface area contributed by atoms with Crippen molar-refractivity contribution in [2.75, 3.05) is 12.9 Å². The molecule has 2 rings (SSSR count). The van der Waals surface area contributed by atoms with Crippen molar-refractivity contribution in [1.29, 1.82) is 0 Å². The lowest BCUT2D eigenvalue weighted by atomic mass is 10.1. The zero-order chi connectivity index (χ0) is 16.7. The molecule has 5 heteroatoms. The summed E-state index contributed by atoms with van der Waals surface area (Å²) < 4.78 is 5.47. The molecule has 0 unspecified atom stereocenters. The van der Waals surface area contributed by atoms with Crippen molar-refractivity contribution in [2.24, 2.45) is 5.10 Å². The van der Waals surface area contributed by atoms with Gasteiger partial charge < -0.3 is 4.74 Å². The van der Waals surface area contributed by atoms with Crippen LogP contribution >= 0.6 is 11.8 Å². The molecule has 0 radical (unpaired) electrons. The molecule has 23 heavy (non-hydrogen) atoms. The Hall–Kier alpha value is -2.27.